The molecule has 32 valence electrons. The van der Waals surface area contributed by atoms with Crippen molar-refractivity contribution in [1.29, 1.82) is 0 Å². The van der Waals surface area contributed by atoms with E-state index in [2.05, 4.69) is 6.92 Å². The zero-order valence-electron chi connectivity index (χ0n) is 4.02. The third kappa shape index (κ3) is 8.87. The molecule has 0 amide bonds. The molecule has 0 saturated heterocycles. The van der Waals surface area contributed by atoms with Crippen LogP contribution in [0.2, 0.25) is 0 Å². The molecule has 0 aromatic rings. The van der Waals surface area contributed by atoms with E-state index in [4.69, 9.17) is 10.8 Å². The summed E-state index contributed by atoms with van der Waals surface area (Å²) in [6.07, 6.45) is -0.588. The molecule has 0 saturated carbocycles. The van der Waals surface area contributed by atoms with Crippen LogP contribution < -0.4 is 35.3 Å². The molecule has 0 rings (SSSR count). The Morgan fingerprint density at radius 2 is 2.00 bits per heavy atom. The number of hydrogen-bond acceptors (Lipinski definition) is 2. The van der Waals surface area contributed by atoms with E-state index in [0.29, 0.717) is 0 Å². The van der Waals surface area contributed by atoms with Crippen molar-refractivity contribution in [2.45, 2.75) is 6.10 Å². The molecule has 0 aromatic carbocycles. The van der Waals surface area contributed by atoms with Gasteiger partial charge in [0, 0.05) is 0 Å². The molecule has 0 aliphatic heterocycles. The summed E-state index contributed by atoms with van der Waals surface area (Å²) in [5.41, 5.74) is 4.86. The van der Waals surface area contributed by atoms with Gasteiger partial charge in [0.15, 0.2) is 0 Å². The minimum Gasteiger partial charge on any atom is -0.424 e. The normalized spacial score (nSPS) is 12.5. The molecule has 0 aliphatic carbocycles. The predicted molar refractivity (Wildman–Crippen MR) is 20.4 cm³/mol. The summed E-state index contributed by atoms with van der Waals surface area (Å²) in [5.74, 6) is 0. The van der Waals surface area contributed by atoms with Gasteiger partial charge in [-0.15, -0.1) is 0 Å². The summed E-state index contributed by atoms with van der Waals surface area (Å²) in [6, 6.07) is 0. The van der Waals surface area contributed by atoms with E-state index in [-0.39, 0.29) is 36.1 Å². The topological polar surface area (TPSA) is 46.2 Å². The summed E-state index contributed by atoms with van der Waals surface area (Å²) < 4.78 is 0. The smallest absolute Gasteiger partial charge is 0.424 e. The van der Waals surface area contributed by atoms with E-state index in [1.54, 1.807) is 0 Å². The second kappa shape index (κ2) is 5.92. The third-order valence-corrected chi connectivity index (χ3v) is 0.272. The van der Waals surface area contributed by atoms with Gasteiger partial charge in [0.1, 0.15) is 0 Å². The summed E-state index contributed by atoms with van der Waals surface area (Å²) >= 11 is 0. The number of hydrogen-bond donors (Lipinski definition) is 2. The second-order valence-corrected chi connectivity index (χ2v) is 0.890. The first-order valence-electron chi connectivity index (χ1n) is 1.48. The van der Waals surface area contributed by atoms with Crippen molar-refractivity contribution >= 4 is 0 Å². The molecular formula is C3H8NNaO. The zero-order valence-corrected chi connectivity index (χ0v) is 6.02. The van der Waals surface area contributed by atoms with E-state index in [1.807, 2.05) is 0 Å². The Morgan fingerprint density at radius 3 is 2.00 bits per heavy atom. The van der Waals surface area contributed by atoms with Gasteiger partial charge in [0.25, 0.3) is 0 Å². The predicted octanol–water partition coefficient (Wildman–Crippen LogP) is -3.86. The Labute approximate surface area is 60.0 Å². The molecule has 0 bridgehead atoms. The Bertz CT molecular complexity index is 24.8. The van der Waals surface area contributed by atoms with E-state index < -0.39 is 6.10 Å². The first kappa shape index (κ1) is 10.0. The van der Waals surface area contributed by atoms with Crippen LogP contribution in [0.3, 0.4) is 0 Å². The van der Waals surface area contributed by atoms with Crippen LogP contribution in [-0.2, 0) is 0 Å². The van der Waals surface area contributed by atoms with Crippen LogP contribution in [0, 0.1) is 6.92 Å². The maximum Gasteiger partial charge on any atom is 1.00 e. The number of aliphatic hydroxyl groups is 1. The average molecular weight is 97.1 g/mol. The van der Waals surface area contributed by atoms with Crippen molar-refractivity contribution in [2.24, 2.45) is 5.73 Å². The van der Waals surface area contributed by atoms with Crippen molar-refractivity contribution in [1.82, 2.24) is 0 Å². The molecule has 0 heterocycles. The van der Waals surface area contributed by atoms with Gasteiger partial charge in [0.2, 0.25) is 0 Å². The van der Waals surface area contributed by atoms with Crippen LogP contribution in [0.15, 0.2) is 0 Å². The number of aliphatic hydroxyl groups excluding tert-OH is 1. The van der Waals surface area contributed by atoms with Crippen molar-refractivity contribution < 1.29 is 34.7 Å². The molecule has 1 unspecified atom stereocenters. The van der Waals surface area contributed by atoms with Gasteiger partial charge < -0.3 is 17.8 Å². The van der Waals surface area contributed by atoms with Crippen molar-refractivity contribution in [3.63, 3.8) is 0 Å². The fourth-order valence-electron chi connectivity index (χ4n) is 0. The maximum atomic E-state index is 8.12. The van der Waals surface area contributed by atoms with Gasteiger partial charge in [-0.2, -0.15) is 0 Å². The molecule has 2 nitrogen and oxygen atoms in total. The monoisotopic (exact) mass is 97.1 g/mol. The largest absolute Gasteiger partial charge is 1.00 e. The fraction of sp³-hybridized carbons (Fsp3) is 0.667. The van der Waals surface area contributed by atoms with E-state index >= 15 is 0 Å². The maximum absolute atomic E-state index is 8.12. The van der Waals surface area contributed by atoms with Gasteiger partial charge in [-0.1, -0.05) is 6.10 Å². The molecule has 1 atom stereocenters. The Morgan fingerprint density at radius 1 is 1.83 bits per heavy atom. The molecule has 3 N–H and O–H groups in total. The van der Waals surface area contributed by atoms with Gasteiger partial charge in [0.05, 0.1) is 0 Å². The van der Waals surface area contributed by atoms with Crippen LogP contribution in [0.5, 0.6) is 0 Å². The average Bonchev–Trinajstić information content (AvgIpc) is 1.38. The van der Waals surface area contributed by atoms with Gasteiger partial charge in [-0.3, -0.25) is 0 Å². The SMILES string of the molecule is [CH2-]C(O)CN.[Na+]. The molecule has 0 spiro atoms. The minimum atomic E-state index is -0.588. The molecule has 0 aliphatic rings. The Balaban J connectivity index is 0. The van der Waals surface area contributed by atoms with E-state index in [9.17, 15) is 0 Å². The van der Waals surface area contributed by atoms with Crippen molar-refractivity contribution in [3.8, 4) is 0 Å². The van der Waals surface area contributed by atoms with Crippen LogP contribution in [-0.4, -0.2) is 17.8 Å². The zero-order chi connectivity index (χ0) is 4.28. The molecule has 6 heavy (non-hydrogen) atoms. The summed E-state index contributed by atoms with van der Waals surface area (Å²) in [4.78, 5) is 0. The Kier molecular flexibility index (Phi) is 9.89. The summed E-state index contributed by atoms with van der Waals surface area (Å²) in [7, 11) is 0. The first-order chi connectivity index (χ1) is 2.27. The summed E-state index contributed by atoms with van der Waals surface area (Å²) in [6.45, 7) is 3.44. The van der Waals surface area contributed by atoms with Gasteiger partial charge in [-0.05, 0) is 6.54 Å². The molecule has 3 heteroatoms. The second-order valence-electron chi connectivity index (χ2n) is 0.890. The van der Waals surface area contributed by atoms with E-state index in [1.165, 1.54) is 0 Å². The molecule has 0 fully saturated rings. The van der Waals surface area contributed by atoms with E-state index in [0.717, 1.165) is 0 Å². The quantitative estimate of drug-likeness (QED) is 0.260. The summed E-state index contributed by atoms with van der Waals surface area (Å²) in [5, 5.41) is 8.12. The third-order valence-electron chi connectivity index (χ3n) is 0.272. The van der Waals surface area contributed by atoms with Crippen molar-refractivity contribution in [3.05, 3.63) is 6.92 Å². The van der Waals surface area contributed by atoms with Crippen LogP contribution in [0.1, 0.15) is 0 Å². The minimum absolute atomic E-state index is 0. The van der Waals surface area contributed by atoms with Gasteiger partial charge >= 0.3 is 29.6 Å². The molecule has 0 aromatic heterocycles. The van der Waals surface area contributed by atoms with Crippen LogP contribution in [0.4, 0.5) is 0 Å². The number of rotatable bonds is 1. The number of nitrogens with two attached hydrogens (primary N) is 1. The Hall–Kier alpha value is 0.920. The molecule has 0 radical (unpaired) electrons. The molecular weight excluding hydrogens is 89.0 g/mol. The van der Waals surface area contributed by atoms with Crippen molar-refractivity contribution in [2.75, 3.05) is 6.54 Å². The van der Waals surface area contributed by atoms with Crippen LogP contribution >= 0.6 is 0 Å². The first-order valence-corrected chi connectivity index (χ1v) is 1.48. The standard InChI is InChI=1S/C3H8NO.Na/c1-3(5)2-4;/h3,5H,1-2,4H2;/q-1;+1. The van der Waals surface area contributed by atoms with Crippen LogP contribution in [0.25, 0.3) is 0 Å². The fourth-order valence-corrected chi connectivity index (χ4v) is 0. The van der Waals surface area contributed by atoms with Gasteiger partial charge in [-0.25, -0.2) is 0 Å².